The van der Waals surface area contributed by atoms with Crippen molar-refractivity contribution in [3.63, 3.8) is 0 Å². The Morgan fingerprint density at radius 2 is 1.96 bits per heavy atom. The van der Waals surface area contributed by atoms with Gasteiger partial charge in [0.25, 0.3) is 0 Å². The maximum atomic E-state index is 11.9. The van der Waals surface area contributed by atoms with E-state index in [2.05, 4.69) is 10.6 Å². The molecule has 2 aromatic rings. The van der Waals surface area contributed by atoms with E-state index in [0.717, 1.165) is 5.56 Å². The summed E-state index contributed by atoms with van der Waals surface area (Å²) in [5, 5.41) is 16.3. The second-order valence-electron chi connectivity index (χ2n) is 4.81. The quantitative estimate of drug-likeness (QED) is 0.492. The van der Waals surface area contributed by atoms with Crippen molar-refractivity contribution >= 4 is 34.6 Å². The normalized spacial score (nSPS) is 9.88. The number of benzene rings is 2. The van der Waals surface area contributed by atoms with Gasteiger partial charge in [-0.25, -0.2) is 0 Å². The number of hydrogen-bond donors (Lipinski definition) is 2. The van der Waals surface area contributed by atoms with Crippen LogP contribution >= 0.6 is 12.2 Å². The number of ether oxygens (including phenoxy) is 1. The Labute approximate surface area is 143 Å². The van der Waals surface area contributed by atoms with Crippen LogP contribution in [0, 0.1) is 10.1 Å². The van der Waals surface area contributed by atoms with E-state index in [1.165, 1.54) is 19.2 Å². The maximum Gasteiger partial charge on any atom is 0.312 e. The molecule has 0 aliphatic carbocycles. The zero-order valence-corrected chi connectivity index (χ0v) is 13.6. The molecule has 0 radical (unpaired) electrons. The Balaban J connectivity index is 1.98. The second kappa shape index (κ2) is 8.02. The van der Waals surface area contributed by atoms with Gasteiger partial charge in [-0.3, -0.25) is 14.9 Å². The molecule has 8 heteroatoms. The second-order valence-corrected chi connectivity index (χ2v) is 5.22. The largest absolute Gasteiger partial charge is 0.490 e. The van der Waals surface area contributed by atoms with Crippen LogP contribution in [0.1, 0.15) is 5.56 Å². The molecule has 0 bridgehead atoms. The van der Waals surface area contributed by atoms with Gasteiger partial charge in [0.2, 0.25) is 5.91 Å². The predicted octanol–water partition coefficient (Wildman–Crippen LogP) is 2.66. The van der Waals surface area contributed by atoms with Crippen LogP contribution in [-0.2, 0) is 11.2 Å². The average Bonchev–Trinajstić information content (AvgIpc) is 2.55. The van der Waals surface area contributed by atoms with Crippen LogP contribution in [0.5, 0.6) is 5.75 Å². The van der Waals surface area contributed by atoms with Gasteiger partial charge in [-0.2, -0.15) is 0 Å². The molecule has 0 aliphatic heterocycles. The highest BCUT2D eigenvalue weighted by molar-refractivity contribution is 7.80. The van der Waals surface area contributed by atoms with E-state index in [0.29, 0.717) is 5.69 Å². The molecule has 7 nitrogen and oxygen atoms in total. The lowest BCUT2D eigenvalue weighted by atomic mass is 10.1. The summed E-state index contributed by atoms with van der Waals surface area (Å²) in [6.45, 7) is 0. The Hall–Kier alpha value is -3.00. The fraction of sp³-hybridized carbons (Fsp3) is 0.125. The number of carbonyl (C=O) groups excluding carboxylic acids is 1. The monoisotopic (exact) mass is 345 g/mol. The first kappa shape index (κ1) is 17.4. The Morgan fingerprint density at radius 3 is 2.58 bits per heavy atom. The van der Waals surface area contributed by atoms with Gasteiger partial charge in [0.05, 0.1) is 18.5 Å². The standard InChI is InChI=1S/C16H15N3O4S/c1-23-14-8-7-12(10-13(14)19(21)22)17-16(24)18-15(20)9-11-5-3-2-4-6-11/h2-8,10H,9H2,1H3,(H2,17,18,20,24). The Morgan fingerprint density at radius 1 is 1.25 bits per heavy atom. The van der Waals surface area contributed by atoms with Gasteiger partial charge in [-0.05, 0) is 29.9 Å². The third-order valence-corrected chi connectivity index (χ3v) is 3.30. The van der Waals surface area contributed by atoms with Gasteiger partial charge < -0.3 is 15.4 Å². The molecule has 0 saturated carbocycles. The summed E-state index contributed by atoms with van der Waals surface area (Å²) >= 11 is 5.05. The van der Waals surface area contributed by atoms with Crippen LogP contribution in [0.3, 0.4) is 0 Å². The minimum Gasteiger partial charge on any atom is -0.490 e. The summed E-state index contributed by atoms with van der Waals surface area (Å²) in [5.74, 6) is -0.133. The number of nitrogens with one attached hydrogen (secondary N) is 2. The lowest BCUT2D eigenvalue weighted by Gasteiger charge is -2.10. The molecule has 0 aromatic heterocycles. The molecule has 1 amide bonds. The number of nitro benzene ring substituents is 1. The molecule has 0 unspecified atom stereocenters. The van der Waals surface area contributed by atoms with E-state index in [1.807, 2.05) is 30.3 Å². The van der Waals surface area contributed by atoms with Crippen molar-refractivity contribution in [2.45, 2.75) is 6.42 Å². The lowest BCUT2D eigenvalue weighted by molar-refractivity contribution is -0.385. The molecule has 0 saturated heterocycles. The van der Waals surface area contributed by atoms with Gasteiger partial charge in [0.1, 0.15) is 0 Å². The molecule has 0 spiro atoms. The van der Waals surface area contributed by atoms with E-state index < -0.39 is 4.92 Å². The lowest BCUT2D eigenvalue weighted by Crippen LogP contribution is -2.35. The van der Waals surface area contributed by atoms with E-state index in [-0.39, 0.29) is 28.9 Å². The fourth-order valence-corrected chi connectivity index (χ4v) is 2.26. The number of methoxy groups -OCH3 is 1. The van der Waals surface area contributed by atoms with Crippen LogP contribution < -0.4 is 15.4 Å². The predicted molar refractivity (Wildman–Crippen MR) is 94.2 cm³/mol. The molecule has 24 heavy (non-hydrogen) atoms. The summed E-state index contributed by atoms with van der Waals surface area (Å²) in [6.07, 6.45) is 0.186. The van der Waals surface area contributed by atoms with Gasteiger partial charge in [-0.15, -0.1) is 0 Å². The van der Waals surface area contributed by atoms with Gasteiger partial charge in [-0.1, -0.05) is 30.3 Å². The molecule has 0 atom stereocenters. The smallest absolute Gasteiger partial charge is 0.312 e. The zero-order valence-electron chi connectivity index (χ0n) is 12.8. The van der Waals surface area contributed by atoms with Crippen molar-refractivity contribution < 1.29 is 14.5 Å². The van der Waals surface area contributed by atoms with Crippen molar-refractivity contribution in [2.75, 3.05) is 12.4 Å². The molecule has 0 aliphatic rings. The van der Waals surface area contributed by atoms with E-state index in [4.69, 9.17) is 17.0 Å². The third kappa shape index (κ3) is 4.75. The SMILES string of the molecule is COc1ccc(NC(=S)NC(=O)Cc2ccccc2)cc1[N+](=O)[O-]. The summed E-state index contributed by atoms with van der Waals surface area (Å²) in [6, 6.07) is 13.5. The number of nitro groups is 1. The Bertz CT molecular complexity index is 765. The topological polar surface area (TPSA) is 93.5 Å². The maximum absolute atomic E-state index is 11.9. The van der Waals surface area contributed by atoms with Crippen molar-refractivity contribution in [3.8, 4) is 5.75 Å². The molecular formula is C16H15N3O4S. The van der Waals surface area contributed by atoms with Gasteiger partial charge in [0, 0.05) is 11.8 Å². The molecule has 0 heterocycles. The van der Waals surface area contributed by atoms with Crippen LogP contribution in [0.15, 0.2) is 48.5 Å². The van der Waals surface area contributed by atoms with Crippen molar-refractivity contribution in [2.24, 2.45) is 0 Å². The highest BCUT2D eigenvalue weighted by Crippen LogP contribution is 2.29. The number of thiocarbonyl (C=S) groups is 1. The van der Waals surface area contributed by atoms with Crippen LogP contribution in [0.4, 0.5) is 11.4 Å². The number of rotatable bonds is 5. The Kier molecular flexibility index (Phi) is 5.80. The van der Waals surface area contributed by atoms with Crippen LogP contribution in [0.2, 0.25) is 0 Å². The van der Waals surface area contributed by atoms with Gasteiger partial charge >= 0.3 is 5.69 Å². The minimum atomic E-state index is -0.555. The zero-order chi connectivity index (χ0) is 17.5. The third-order valence-electron chi connectivity index (χ3n) is 3.09. The van der Waals surface area contributed by atoms with Crippen LogP contribution in [0.25, 0.3) is 0 Å². The average molecular weight is 345 g/mol. The number of anilines is 1. The van der Waals surface area contributed by atoms with Gasteiger partial charge in [0.15, 0.2) is 10.9 Å². The highest BCUT2D eigenvalue weighted by atomic mass is 32.1. The molecule has 2 N–H and O–H groups in total. The van der Waals surface area contributed by atoms with Crippen LogP contribution in [-0.4, -0.2) is 23.1 Å². The molecular weight excluding hydrogens is 330 g/mol. The molecule has 2 aromatic carbocycles. The molecule has 2 rings (SSSR count). The number of hydrogen-bond acceptors (Lipinski definition) is 5. The van der Waals surface area contributed by atoms with E-state index in [9.17, 15) is 14.9 Å². The number of amides is 1. The fourth-order valence-electron chi connectivity index (χ4n) is 2.02. The number of carbonyl (C=O) groups is 1. The highest BCUT2D eigenvalue weighted by Gasteiger charge is 2.16. The molecule has 124 valence electrons. The van der Waals surface area contributed by atoms with Crippen molar-refractivity contribution in [1.82, 2.24) is 5.32 Å². The summed E-state index contributed by atoms with van der Waals surface area (Å²) in [5.41, 5.74) is 1.05. The van der Waals surface area contributed by atoms with Crippen molar-refractivity contribution in [3.05, 3.63) is 64.2 Å². The summed E-state index contributed by atoms with van der Waals surface area (Å²) in [7, 11) is 1.35. The minimum absolute atomic E-state index is 0.0652. The van der Waals surface area contributed by atoms with Crippen molar-refractivity contribution in [1.29, 1.82) is 0 Å². The number of nitrogens with zero attached hydrogens (tertiary/aromatic N) is 1. The summed E-state index contributed by atoms with van der Waals surface area (Å²) < 4.78 is 4.93. The first-order chi connectivity index (χ1) is 11.5. The molecule has 0 fully saturated rings. The summed E-state index contributed by atoms with van der Waals surface area (Å²) in [4.78, 5) is 22.4. The first-order valence-electron chi connectivity index (χ1n) is 6.97. The first-order valence-corrected chi connectivity index (χ1v) is 7.37. The van der Waals surface area contributed by atoms with E-state index in [1.54, 1.807) is 6.07 Å². The van der Waals surface area contributed by atoms with E-state index >= 15 is 0 Å².